The number of benzene rings is 2. The van der Waals surface area contributed by atoms with Crippen LogP contribution in [0.15, 0.2) is 53.0 Å². The molecule has 2 heterocycles. The average Bonchev–Trinajstić information content (AvgIpc) is 3.20. The Morgan fingerprint density at radius 1 is 1.17 bits per heavy atom. The summed E-state index contributed by atoms with van der Waals surface area (Å²) >= 11 is 3.37. The Kier molecular flexibility index (Phi) is 5.24. The molecule has 7 heteroatoms. The molecule has 0 fully saturated rings. The maximum absolute atomic E-state index is 12.6. The second kappa shape index (κ2) is 7.83. The van der Waals surface area contributed by atoms with Gasteiger partial charge >= 0.3 is 0 Å². The highest BCUT2D eigenvalue weighted by molar-refractivity contribution is 9.10. The number of nitrogens with zero attached hydrogens (tertiary/aromatic N) is 2. The van der Waals surface area contributed by atoms with Crippen LogP contribution in [0.3, 0.4) is 0 Å². The Morgan fingerprint density at radius 3 is 2.52 bits per heavy atom. The molecule has 1 aromatic heterocycles. The molecule has 2 amide bonds. The van der Waals surface area contributed by atoms with E-state index in [1.807, 2.05) is 50.2 Å². The van der Waals surface area contributed by atoms with Crippen molar-refractivity contribution < 1.29 is 9.59 Å². The fourth-order valence-corrected chi connectivity index (χ4v) is 3.77. The molecule has 0 aliphatic carbocycles. The van der Waals surface area contributed by atoms with Gasteiger partial charge in [0.2, 0.25) is 5.91 Å². The van der Waals surface area contributed by atoms with Crippen LogP contribution in [0, 0.1) is 6.92 Å². The number of hydrogen-bond acceptors (Lipinski definition) is 3. The molecule has 0 saturated carbocycles. The zero-order valence-corrected chi connectivity index (χ0v) is 17.8. The summed E-state index contributed by atoms with van der Waals surface area (Å²) in [6.07, 6.45) is 0.754. The average molecular weight is 453 g/mol. The van der Waals surface area contributed by atoms with Gasteiger partial charge in [-0.3, -0.25) is 9.59 Å². The Morgan fingerprint density at radius 2 is 1.86 bits per heavy atom. The first-order chi connectivity index (χ1) is 14.0. The Balaban J connectivity index is 1.60. The van der Waals surface area contributed by atoms with E-state index in [2.05, 4.69) is 31.7 Å². The van der Waals surface area contributed by atoms with Crippen molar-refractivity contribution in [1.82, 2.24) is 9.78 Å². The maximum Gasteiger partial charge on any atom is 0.251 e. The second-order valence-electron chi connectivity index (χ2n) is 7.10. The molecule has 1 aliphatic heterocycles. The normalized spacial score (nSPS) is 15.1. The predicted octanol–water partition coefficient (Wildman–Crippen LogP) is 4.71. The van der Waals surface area contributed by atoms with Crippen molar-refractivity contribution >= 4 is 39.2 Å². The van der Waals surface area contributed by atoms with Crippen molar-refractivity contribution in [3.8, 4) is 11.1 Å². The van der Waals surface area contributed by atoms with Gasteiger partial charge in [-0.1, -0.05) is 52.7 Å². The summed E-state index contributed by atoms with van der Waals surface area (Å²) in [4.78, 5) is 25.1. The molecule has 0 saturated heterocycles. The molecule has 1 unspecified atom stereocenters. The number of amides is 2. The highest BCUT2D eigenvalue weighted by Crippen LogP contribution is 2.38. The van der Waals surface area contributed by atoms with Crippen molar-refractivity contribution in [2.45, 2.75) is 32.7 Å². The van der Waals surface area contributed by atoms with Crippen LogP contribution in [0.1, 0.15) is 30.6 Å². The molecule has 4 rings (SSSR count). The third kappa shape index (κ3) is 3.82. The monoisotopic (exact) mass is 452 g/mol. The number of rotatable bonds is 5. The van der Waals surface area contributed by atoms with Crippen LogP contribution >= 0.6 is 15.9 Å². The van der Waals surface area contributed by atoms with E-state index in [-0.39, 0.29) is 18.2 Å². The smallest absolute Gasteiger partial charge is 0.251 e. The summed E-state index contributed by atoms with van der Waals surface area (Å²) in [7, 11) is 0. The van der Waals surface area contributed by atoms with Crippen LogP contribution in [-0.4, -0.2) is 21.6 Å². The number of anilines is 2. The molecule has 0 bridgehead atoms. The minimum atomic E-state index is -0.662. The molecule has 1 aliphatic rings. The van der Waals surface area contributed by atoms with Crippen molar-refractivity contribution in [3.05, 3.63) is 64.3 Å². The second-order valence-corrected chi connectivity index (χ2v) is 8.01. The predicted molar refractivity (Wildman–Crippen MR) is 117 cm³/mol. The largest absolute Gasteiger partial charge is 0.326 e. The van der Waals surface area contributed by atoms with E-state index in [0.717, 1.165) is 27.7 Å². The molecule has 0 radical (unpaired) electrons. The van der Waals surface area contributed by atoms with Gasteiger partial charge in [0, 0.05) is 15.7 Å². The number of aromatic nitrogens is 2. The van der Waals surface area contributed by atoms with Gasteiger partial charge in [0.1, 0.15) is 11.9 Å². The summed E-state index contributed by atoms with van der Waals surface area (Å²) in [5.41, 5.74) is 4.70. The van der Waals surface area contributed by atoms with Gasteiger partial charge in [0.25, 0.3) is 5.91 Å². The summed E-state index contributed by atoms with van der Waals surface area (Å²) in [5.74, 6) is 0.220. The molecule has 3 aromatic rings. The van der Waals surface area contributed by atoms with Crippen molar-refractivity contribution in [2.75, 3.05) is 10.6 Å². The number of hydrogen-bond donors (Lipinski definition) is 2. The van der Waals surface area contributed by atoms with E-state index in [0.29, 0.717) is 11.5 Å². The lowest BCUT2D eigenvalue weighted by Gasteiger charge is -2.10. The van der Waals surface area contributed by atoms with E-state index in [4.69, 9.17) is 0 Å². The van der Waals surface area contributed by atoms with Gasteiger partial charge in [-0.2, -0.15) is 5.10 Å². The van der Waals surface area contributed by atoms with Crippen LogP contribution in [0.25, 0.3) is 11.1 Å². The van der Waals surface area contributed by atoms with Crippen molar-refractivity contribution in [1.29, 1.82) is 0 Å². The molecular formula is C22H21BrN4O2. The minimum Gasteiger partial charge on any atom is -0.326 e. The summed E-state index contributed by atoms with van der Waals surface area (Å²) in [6, 6.07) is 14.8. The zero-order chi connectivity index (χ0) is 20.5. The highest BCUT2D eigenvalue weighted by Gasteiger charge is 2.36. The molecule has 1 atom stereocenters. The van der Waals surface area contributed by atoms with E-state index >= 15 is 0 Å². The molecule has 2 aromatic carbocycles. The summed E-state index contributed by atoms with van der Waals surface area (Å²) in [6.45, 7) is 4.07. The van der Waals surface area contributed by atoms with Gasteiger partial charge in [0.15, 0.2) is 0 Å². The lowest BCUT2D eigenvalue weighted by Crippen LogP contribution is -2.23. The number of nitrogens with one attached hydrogen (secondary N) is 2. The SMILES string of the molecule is CCc1nn2c(c1-c1ccc(C)cc1)NC(=O)C2CC(=O)Nc1ccc(Br)cc1. The first kappa shape index (κ1) is 19.4. The maximum atomic E-state index is 12.6. The van der Waals surface area contributed by atoms with Gasteiger partial charge in [0.05, 0.1) is 12.1 Å². The Bertz CT molecular complexity index is 1070. The lowest BCUT2D eigenvalue weighted by atomic mass is 10.0. The van der Waals surface area contributed by atoms with Crippen LogP contribution in [-0.2, 0) is 16.0 Å². The molecular weight excluding hydrogens is 432 g/mol. The van der Waals surface area contributed by atoms with Gasteiger partial charge < -0.3 is 10.6 Å². The quantitative estimate of drug-likeness (QED) is 0.588. The number of aryl methyl sites for hydroxylation is 2. The third-order valence-electron chi connectivity index (χ3n) is 5.00. The van der Waals surface area contributed by atoms with Gasteiger partial charge in [-0.15, -0.1) is 0 Å². The third-order valence-corrected chi connectivity index (χ3v) is 5.53. The topological polar surface area (TPSA) is 76.0 Å². The number of carbonyl (C=O) groups excluding carboxylic acids is 2. The standard InChI is InChI=1S/C22H21BrN4O2/c1-3-17-20(14-6-4-13(2)5-7-14)21-25-22(29)18(27(21)26-17)12-19(28)24-16-10-8-15(23)9-11-16/h4-11,18H,3,12H2,1-2H3,(H,24,28)(H,25,29). The molecule has 6 nitrogen and oxygen atoms in total. The molecule has 29 heavy (non-hydrogen) atoms. The fraction of sp³-hybridized carbons (Fsp3) is 0.227. The van der Waals surface area contributed by atoms with Crippen LogP contribution in [0.2, 0.25) is 0 Å². The van der Waals surface area contributed by atoms with Crippen LogP contribution in [0.4, 0.5) is 11.5 Å². The van der Waals surface area contributed by atoms with E-state index < -0.39 is 6.04 Å². The van der Waals surface area contributed by atoms with E-state index in [1.54, 1.807) is 16.8 Å². The number of fused-ring (bicyclic) bond motifs is 1. The Hall–Kier alpha value is -2.93. The fourth-order valence-electron chi connectivity index (χ4n) is 3.51. The molecule has 2 N–H and O–H groups in total. The molecule has 148 valence electrons. The molecule has 0 spiro atoms. The lowest BCUT2D eigenvalue weighted by molar-refractivity contribution is -0.123. The van der Waals surface area contributed by atoms with Crippen LogP contribution < -0.4 is 10.6 Å². The highest BCUT2D eigenvalue weighted by atomic mass is 79.9. The summed E-state index contributed by atoms with van der Waals surface area (Å²) < 4.78 is 2.60. The van der Waals surface area contributed by atoms with E-state index in [1.165, 1.54) is 5.56 Å². The van der Waals surface area contributed by atoms with E-state index in [9.17, 15) is 9.59 Å². The van der Waals surface area contributed by atoms with Crippen LogP contribution in [0.5, 0.6) is 0 Å². The number of carbonyl (C=O) groups is 2. The van der Waals surface area contributed by atoms with Crippen molar-refractivity contribution in [3.63, 3.8) is 0 Å². The zero-order valence-electron chi connectivity index (χ0n) is 16.2. The summed E-state index contributed by atoms with van der Waals surface area (Å²) in [5, 5.41) is 10.4. The number of halogens is 1. The van der Waals surface area contributed by atoms with Gasteiger partial charge in [-0.25, -0.2) is 4.68 Å². The minimum absolute atomic E-state index is 0.0209. The first-order valence-electron chi connectivity index (χ1n) is 9.51. The first-order valence-corrected chi connectivity index (χ1v) is 10.3. The van der Waals surface area contributed by atoms with Crippen molar-refractivity contribution in [2.24, 2.45) is 0 Å². The Labute approximate surface area is 177 Å². The van der Waals surface area contributed by atoms with Gasteiger partial charge in [-0.05, 0) is 43.2 Å².